The summed E-state index contributed by atoms with van der Waals surface area (Å²) in [4.78, 5) is 2.81. The van der Waals surface area contributed by atoms with E-state index < -0.39 is 0 Å². The normalized spacial score (nSPS) is 13.1. The highest BCUT2D eigenvalue weighted by atomic mass is 32.1. The summed E-state index contributed by atoms with van der Waals surface area (Å²) in [6, 6.07) is 8.99. The second kappa shape index (κ2) is 3.38. The van der Waals surface area contributed by atoms with Crippen molar-refractivity contribution < 1.29 is 0 Å². The summed E-state index contributed by atoms with van der Waals surface area (Å²) < 4.78 is 2.23. The molecule has 2 heterocycles. The molecule has 0 aliphatic heterocycles. The van der Waals surface area contributed by atoms with Crippen LogP contribution in [0.2, 0.25) is 0 Å². The van der Waals surface area contributed by atoms with E-state index in [0.717, 1.165) is 0 Å². The summed E-state index contributed by atoms with van der Waals surface area (Å²) in [6.45, 7) is 4.38. The van der Waals surface area contributed by atoms with Crippen LogP contribution < -0.4 is 0 Å². The highest BCUT2D eigenvalue weighted by Gasteiger charge is 2.07. The van der Waals surface area contributed by atoms with Gasteiger partial charge in [-0.15, -0.1) is 11.3 Å². The van der Waals surface area contributed by atoms with Crippen LogP contribution in [0.1, 0.15) is 22.7 Å². The van der Waals surface area contributed by atoms with E-state index in [1.54, 1.807) is 0 Å². The number of thiophene rings is 1. The number of aromatic nitrogens is 1. The Bertz CT molecular complexity index is 372. The Kier molecular flexibility index (Phi) is 2.23. The Morgan fingerprint density at radius 3 is 2.46 bits per heavy atom. The van der Waals surface area contributed by atoms with Crippen LogP contribution in [0.3, 0.4) is 0 Å². The lowest BCUT2D eigenvalue weighted by molar-refractivity contribution is 0.654. The first-order valence-electron chi connectivity index (χ1n) is 4.46. The topological polar surface area (TPSA) is 4.93 Å². The average molecular weight is 191 g/mol. The second-order valence-electron chi connectivity index (χ2n) is 3.25. The summed E-state index contributed by atoms with van der Waals surface area (Å²) in [5.74, 6) is 0. The molecule has 0 spiro atoms. The Morgan fingerprint density at radius 2 is 1.92 bits per heavy atom. The molecule has 0 radical (unpaired) electrons. The van der Waals surface area contributed by atoms with E-state index in [4.69, 9.17) is 0 Å². The van der Waals surface area contributed by atoms with E-state index in [-0.39, 0.29) is 0 Å². The van der Waals surface area contributed by atoms with Crippen LogP contribution in [0.5, 0.6) is 0 Å². The van der Waals surface area contributed by atoms with Gasteiger partial charge >= 0.3 is 0 Å². The van der Waals surface area contributed by atoms with Crippen molar-refractivity contribution in [1.82, 2.24) is 4.57 Å². The number of aryl methyl sites for hydroxylation is 1. The van der Waals surface area contributed by atoms with Gasteiger partial charge in [0, 0.05) is 22.1 Å². The highest BCUT2D eigenvalue weighted by molar-refractivity contribution is 7.12. The average Bonchev–Trinajstić information content (AvgIpc) is 2.72. The van der Waals surface area contributed by atoms with Crippen LogP contribution >= 0.6 is 11.3 Å². The molecule has 2 rings (SSSR count). The molecule has 0 saturated carbocycles. The minimum Gasteiger partial charge on any atom is -0.346 e. The molecule has 1 atom stereocenters. The molecule has 68 valence electrons. The van der Waals surface area contributed by atoms with Crippen molar-refractivity contribution in [2.45, 2.75) is 19.9 Å². The van der Waals surface area contributed by atoms with Crippen molar-refractivity contribution in [2.75, 3.05) is 0 Å². The molecule has 0 N–H and O–H groups in total. The third kappa shape index (κ3) is 1.68. The monoisotopic (exact) mass is 191 g/mol. The first-order chi connectivity index (χ1) is 6.27. The van der Waals surface area contributed by atoms with E-state index in [9.17, 15) is 0 Å². The molecular formula is C11H13NS. The summed E-state index contributed by atoms with van der Waals surface area (Å²) in [5.41, 5.74) is 0. The fourth-order valence-corrected chi connectivity index (χ4v) is 2.37. The lowest BCUT2D eigenvalue weighted by atomic mass is 10.3. The minimum atomic E-state index is 0.466. The summed E-state index contributed by atoms with van der Waals surface area (Å²) in [7, 11) is 0. The quantitative estimate of drug-likeness (QED) is 0.685. The molecule has 1 unspecified atom stereocenters. The first-order valence-corrected chi connectivity index (χ1v) is 5.28. The molecule has 0 bridgehead atoms. The molecule has 0 saturated heterocycles. The molecule has 0 fully saturated rings. The maximum Gasteiger partial charge on any atom is 0.0644 e. The van der Waals surface area contributed by atoms with Gasteiger partial charge in [0.15, 0.2) is 0 Å². The molecule has 2 aromatic heterocycles. The lowest BCUT2D eigenvalue weighted by Crippen LogP contribution is -2.01. The zero-order chi connectivity index (χ0) is 9.26. The first kappa shape index (κ1) is 8.57. The van der Waals surface area contributed by atoms with Gasteiger partial charge in [0.05, 0.1) is 6.04 Å². The molecule has 0 amide bonds. The maximum atomic E-state index is 2.23. The van der Waals surface area contributed by atoms with Gasteiger partial charge in [0.25, 0.3) is 0 Å². The fourth-order valence-electron chi connectivity index (χ4n) is 1.43. The van der Waals surface area contributed by atoms with Crippen LogP contribution in [-0.2, 0) is 0 Å². The van der Waals surface area contributed by atoms with Crippen LogP contribution in [0.15, 0.2) is 36.7 Å². The van der Waals surface area contributed by atoms with Gasteiger partial charge in [-0.1, -0.05) is 0 Å². The van der Waals surface area contributed by atoms with Gasteiger partial charge in [0.1, 0.15) is 0 Å². The van der Waals surface area contributed by atoms with Crippen molar-refractivity contribution in [2.24, 2.45) is 0 Å². The van der Waals surface area contributed by atoms with Gasteiger partial charge in [-0.2, -0.15) is 0 Å². The molecule has 2 aromatic rings. The predicted molar refractivity (Wildman–Crippen MR) is 57.3 cm³/mol. The summed E-state index contributed by atoms with van der Waals surface area (Å²) in [5, 5.41) is 0. The van der Waals surface area contributed by atoms with Crippen LogP contribution in [0.25, 0.3) is 0 Å². The van der Waals surface area contributed by atoms with Crippen LogP contribution in [0.4, 0.5) is 0 Å². The molecular weight excluding hydrogens is 178 g/mol. The van der Waals surface area contributed by atoms with Crippen molar-refractivity contribution in [3.63, 3.8) is 0 Å². The standard InChI is InChI=1S/C11H13NS/c1-9-5-6-11(13-9)10(2)12-7-3-4-8-12/h3-8,10H,1-2H3. The smallest absolute Gasteiger partial charge is 0.0644 e. The van der Waals surface area contributed by atoms with Crippen molar-refractivity contribution in [1.29, 1.82) is 0 Å². The molecule has 0 aliphatic carbocycles. The Balaban J connectivity index is 2.28. The van der Waals surface area contributed by atoms with Crippen LogP contribution in [-0.4, -0.2) is 4.57 Å². The second-order valence-corrected chi connectivity index (χ2v) is 4.57. The van der Waals surface area contributed by atoms with Crippen LogP contribution in [0, 0.1) is 6.92 Å². The molecule has 13 heavy (non-hydrogen) atoms. The van der Waals surface area contributed by atoms with E-state index in [2.05, 4.69) is 55.1 Å². The molecule has 0 aromatic carbocycles. The largest absolute Gasteiger partial charge is 0.346 e. The molecule has 0 aliphatic rings. The summed E-state index contributed by atoms with van der Waals surface area (Å²) in [6.07, 6.45) is 4.22. The molecule has 1 nitrogen and oxygen atoms in total. The van der Waals surface area contributed by atoms with E-state index in [1.165, 1.54) is 9.75 Å². The van der Waals surface area contributed by atoms with Crippen molar-refractivity contribution in [3.8, 4) is 0 Å². The third-order valence-corrected chi connectivity index (χ3v) is 3.42. The number of rotatable bonds is 2. The Hall–Kier alpha value is -1.02. The van der Waals surface area contributed by atoms with Gasteiger partial charge in [-0.05, 0) is 38.1 Å². The minimum absolute atomic E-state index is 0.466. The zero-order valence-corrected chi connectivity index (χ0v) is 8.71. The maximum absolute atomic E-state index is 2.23. The third-order valence-electron chi connectivity index (χ3n) is 2.25. The Morgan fingerprint density at radius 1 is 1.23 bits per heavy atom. The van der Waals surface area contributed by atoms with Gasteiger partial charge in [0.2, 0.25) is 0 Å². The molecule has 2 heteroatoms. The van der Waals surface area contributed by atoms with Gasteiger partial charge in [-0.3, -0.25) is 0 Å². The van der Waals surface area contributed by atoms with Gasteiger partial charge in [-0.25, -0.2) is 0 Å². The number of hydrogen-bond acceptors (Lipinski definition) is 1. The summed E-state index contributed by atoms with van der Waals surface area (Å²) >= 11 is 1.87. The van der Waals surface area contributed by atoms with E-state index >= 15 is 0 Å². The SMILES string of the molecule is Cc1ccc(C(C)n2cccc2)s1. The van der Waals surface area contributed by atoms with E-state index in [0.29, 0.717) is 6.04 Å². The zero-order valence-electron chi connectivity index (χ0n) is 7.90. The Labute approximate surface area is 82.6 Å². The lowest BCUT2D eigenvalue weighted by Gasteiger charge is -2.10. The number of hydrogen-bond donors (Lipinski definition) is 0. The predicted octanol–water partition coefficient (Wildman–Crippen LogP) is 3.47. The van der Waals surface area contributed by atoms with Gasteiger partial charge < -0.3 is 4.57 Å². The number of nitrogens with zero attached hydrogens (tertiary/aromatic N) is 1. The fraction of sp³-hybridized carbons (Fsp3) is 0.273. The highest BCUT2D eigenvalue weighted by Crippen LogP contribution is 2.25. The van der Waals surface area contributed by atoms with Crippen molar-refractivity contribution >= 4 is 11.3 Å². The van der Waals surface area contributed by atoms with Crippen molar-refractivity contribution in [3.05, 3.63) is 46.4 Å². The van der Waals surface area contributed by atoms with E-state index in [1.807, 2.05) is 11.3 Å².